The second-order valence-electron chi connectivity index (χ2n) is 5.57. The fraction of sp³-hybridized carbons (Fsp3) is 0.533. The Kier molecular flexibility index (Phi) is 5.88. The number of amides is 1. The van der Waals surface area contributed by atoms with Gasteiger partial charge in [0.05, 0.1) is 16.6 Å². The van der Waals surface area contributed by atoms with Gasteiger partial charge in [-0.15, -0.1) is 0 Å². The van der Waals surface area contributed by atoms with Crippen LogP contribution in [0.3, 0.4) is 0 Å². The number of likely N-dealkylation sites (tertiary alicyclic amines) is 1. The SMILES string of the molecule is CC1CCCN(CC(=O)Nc2ccc(Cl)c(Cl)c2)C1CN. The van der Waals surface area contributed by atoms with Crippen LogP contribution in [-0.2, 0) is 4.79 Å². The second kappa shape index (κ2) is 7.45. The fourth-order valence-electron chi connectivity index (χ4n) is 2.87. The van der Waals surface area contributed by atoms with Gasteiger partial charge in [0.25, 0.3) is 0 Å². The number of halogens is 2. The molecule has 0 bridgehead atoms. The lowest BCUT2D eigenvalue weighted by Crippen LogP contribution is -2.51. The van der Waals surface area contributed by atoms with Gasteiger partial charge in [0.1, 0.15) is 0 Å². The van der Waals surface area contributed by atoms with E-state index in [2.05, 4.69) is 17.1 Å². The Balaban J connectivity index is 1.95. The molecule has 0 aliphatic carbocycles. The van der Waals surface area contributed by atoms with Crippen LogP contribution in [0.4, 0.5) is 5.69 Å². The second-order valence-corrected chi connectivity index (χ2v) is 6.38. The number of anilines is 1. The van der Waals surface area contributed by atoms with Crippen molar-refractivity contribution in [3.8, 4) is 0 Å². The van der Waals surface area contributed by atoms with Crippen molar-refractivity contribution < 1.29 is 4.79 Å². The number of hydrogen-bond donors (Lipinski definition) is 2. The summed E-state index contributed by atoms with van der Waals surface area (Å²) in [5, 5.41) is 3.76. The zero-order valence-electron chi connectivity index (χ0n) is 12.1. The molecular formula is C15H21Cl2N3O. The molecule has 2 rings (SSSR count). The highest BCUT2D eigenvalue weighted by molar-refractivity contribution is 6.42. The standard InChI is InChI=1S/C15H21Cl2N3O/c1-10-3-2-6-20(14(10)8-18)9-15(21)19-11-4-5-12(16)13(17)7-11/h4-5,7,10,14H,2-3,6,8-9,18H2,1H3,(H,19,21). The maximum atomic E-state index is 12.2. The van der Waals surface area contributed by atoms with Gasteiger partial charge in [-0.2, -0.15) is 0 Å². The van der Waals surface area contributed by atoms with Crippen molar-refractivity contribution in [2.75, 3.05) is 25.0 Å². The van der Waals surface area contributed by atoms with Crippen LogP contribution in [0.25, 0.3) is 0 Å². The largest absolute Gasteiger partial charge is 0.329 e. The van der Waals surface area contributed by atoms with E-state index in [1.165, 1.54) is 6.42 Å². The van der Waals surface area contributed by atoms with E-state index in [4.69, 9.17) is 28.9 Å². The van der Waals surface area contributed by atoms with Crippen LogP contribution in [0.2, 0.25) is 10.0 Å². The van der Waals surface area contributed by atoms with Gasteiger partial charge in [0, 0.05) is 18.3 Å². The number of rotatable bonds is 4. The number of carbonyl (C=O) groups excluding carboxylic acids is 1. The summed E-state index contributed by atoms with van der Waals surface area (Å²) >= 11 is 11.8. The lowest BCUT2D eigenvalue weighted by molar-refractivity contribution is -0.118. The third-order valence-corrected chi connectivity index (χ3v) is 4.76. The highest BCUT2D eigenvalue weighted by Gasteiger charge is 2.28. The molecule has 1 aromatic rings. The monoisotopic (exact) mass is 329 g/mol. The van der Waals surface area contributed by atoms with Crippen LogP contribution in [0.1, 0.15) is 19.8 Å². The van der Waals surface area contributed by atoms with E-state index in [1.54, 1.807) is 18.2 Å². The molecule has 2 unspecified atom stereocenters. The van der Waals surface area contributed by atoms with E-state index in [9.17, 15) is 4.79 Å². The van der Waals surface area contributed by atoms with Gasteiger partial charge in [0.15, 0.2) is 0 Å². The summed E-state index contributed by atoms with van der Waals surface area (Å²) in [6.07, 6.45) is 2.28. The average Bonchev–Trinajstić information content (AvgIpc) is 2.43. The molecule has 0 radical (unpaired) electrons. The zero-order valence-corrected chi connectivity index (χ0v) is 13.6. The quantitative estimate of drug-likeness (QED) is 0.892. The first kappa shape index (κ1) is 16.6. The highest BCUT2D eigenvalue weighted by atomic mass is 35.5. The summed E-state index contributed by atoms with van der Waals surface area (Å²) in [7, 11) is 0. The number of hydrogen-bond acceptors (Lipinski definition) is 3. The number of nitrogens with zero attached hydrogens (tertiary/aromatic N) is 1. The van der Waals surface area contributed by atoms with Gasteiger partial charge >= 0.3 is 0 Å². The molecule has 1 aromatic carbocycles. The summed E-state index contributed by atoms with van der Waals surface area (Å²) < 4.78 is 0. The van der Waals surface area contributed by atoms with E-state index in [-0.39, 0.29) is 11.9 Å². The van der Waals surface area contributed by atoms with Crippen molar-refractivity contribution in [1.82, 2.24) is 4.90 Å². The normalized spacial score (nSPS) is 23.0. The maximum Gasteiger partial charge on any atom is 0.238 e. The number of piperidine rings is 1. The number of benzene rings is 1. The first-order chi connectivity index (χ1) is 10.0. The van der Waals surface area contributed by atoms with Crippen molar-refractivity contribution in [3.05, 3.63) is 28.2 Å². The Morgan fingerprint density at radius 2 is 2.19 bits per heavy atom. The van der Waals surface area contributed by atoms with Crippen molar-refractivity contribution in [2.45, 2.75) is 25.8 Å². The molecule has 21 heavy (non-hydrogen) atoms. The molecule has 1 amide bonds. The Morgan fingerprint density at radius 3 is 2.86 bits per heavy atom. The molecule has 1 aliphatic heterocycles. The van der Waals surface area contributed by atoms with E-state index >= 15 is 0 Å². The Morgan fingerprint density at radius 1 is 1.43 bits per heavy atom. The van der Waals surface area contributed by atoms with Crippen molar-refractivity contribution in [2.24, 2.45) is 11.7 Å². The molecule has 1 fully saturated rings. The van der Waals surface area contributed by atoms with Gasteiger partial charge in [-0.3, -0.25) is 9.69 Å². The lowest BCUT2D eigenvalue weighted by Gasteiger charge is -2.38. The number of nitrogens with two attached hydrogens (primary N) is 1. The van der Waals surface area contributed by atoms with Crippen LogP contribution >= 0.6 is 23.2 Å². The smallest absolute Gasteiger partial charge is 0.238 e. The van der Waals surface area contributed by atoms with Crippen LogP contribution in [0.5, 0.6) is 0 Å². The average molecular weight is 330 g/mol. The summed E-state index contributed by atoms with van der Waals surface area (Å²) in [6, 6.07) is 5.34. The van der Waals surface area contributed by atoms with Gasteiger partial charge in [0.2, 0.25) is 5.91 Å². The molecule has 0 aromatic heterocycles. The first-order valence-electron chi connectivity index (χ1n) is 7.20. The Bertz CT molecular complexity index is 510. The summed E-state index contributed by atoms with van der Waals surface area (Å²) in [4.78, 5) is 14.3. The fourth-order valence-corrected chi connectivity index (χ4v) is 3.17. The molecule has 3 N–H and O–H groups in total. The third-order valence-electron chi connectivity index (χ3n) is 4.02. The molecule has 4 nitrogen and oxygen atoms in total. The molecule has 6 heteroatoms. The molecular weight excluding hydrogens is 309 g/mol. The van der Waals surface area contributed by atoms with Crippen molar-refractivity contribution in [1.29, 1.82) is 0 Å². The molecule has 0 spiro atoms. The van der Waals surface area contributed by atoms with Crippen LogP contribution in [-0.4, -0.2) is 36.5 Å². The van der Waals surface area contributed by atoms with Crippen LogP contribution in [0.15, 0.2) is 18.2 Å². The zero-order chi connectivity index (χ0) is 15.4. The Hall–Kier alpha value is -0.810. The molecule has 1 saturated heterocycles. The predicted molar refractivity (Wildman–Crippen MR) is 87.9 cm³/mol. The van der Waals surface area contributed by atoms with Gasteiger partial charge in [-0.05, 0) is 43.5 Å². The molecule has 1 heterocycles. The van der Waals surface area contributed by atoms with Gasteiger partial charge in [-0.25, -0.2) is 0 Å². The van der Waals surface area contributed by atoms with Crippen LogP contribution < -0.4 is 11.1 Å². The van der Waals surface area contributed by atoms with Crippen molar-refractivity contribution >= 4 is 34.8 Å². The summed E-state index contributed by atoms with van der Waals surface area (Å²) in [6.45, 7) is 4.05. The number of carbonyl (C=O) groups is 1. The van der Waals surface area contributed by atoms with Crippen LogP contribution in [0, 0.1) is 5.92 Å². The minimum atomic E-state index is -0.0547. The minimum Gasteiger partial charge on any atom is -0.329 e. The van der Waals surface area contributed by atoms with Gasteiger partial charge < -0.3 is 11.1 Å². The van der Waals surface area contributed by atoms with Crippen molar-refractivity contribution in [3.63, 3.8) is 0 Å². The van der Waals surface area contributed by atoms with E-state index in [1.807, 2.05) is 0 Å². The predicted octanol–water partition coefficient (Wildman–Crippen LogP) is 2.99. The molecule has 116 valence electrons. The highest BCUT2D eigenvalue weighted by Crippen LogP contribution is 2.25. The summed E-state index contributed by atoms with van der Waals surface area (Å²) in [5.74, 6) is 0.475. The van der Waals surface area contributed by atoms with E-state index in [0.717, 1.165) is 13.0 Å². The minimum absolute atomic E-state index is 0.0547. The van der Waals surface area contributed by atoms with E-state index in [0.29, 0.717) is 34.7 Å². The lowest BCUT2D eigenvalue weighted by atomic mass is 9.91. The molecule has 0 saturated carbocycles. The summed E-state index contributed by atoms with van der Waals surface area (Å²) in [5.41, 5.74) is 6.50. The first-order valence-corrected chi connectivity index (χ1v) is 7.96. The van der Waals surface area contributed by atoms with E-state index < -0.39 is 0 Å². The third kappa shape index (κ3) is 4.33. The van der Waals surface area contributed by atoms with Gasteiger partial charge in [-0.1, -0.05) is 30.1 Å². The Labute approximate surface area is 135 Å². The molecule has 1 aliphatic rings. The number of nitrogens with one attached hydrogen (secondary N) is 1. The molecule has 2 atom stereocenters. The maximum absolute atomic E-state index is 12.2. The topological polar surface area (TPSA) is 58.4 Å².